The van der Waals surface area contributed by atoms with Crippen LogP contribution in [0.2, 0.25) is 5.02 Å². The van der Waals surface area contributed by atoms with Gasteiger partial charge in [0.1, 0.15) is 6.04 Å². The Bertz CT molecular complexity index is 544. The first-order valence-electron chi connectivity index (χ1n) is 6.88. The van der Waals surface area contributed by atoms with Gasteiger partial charge in [-0.05, 0) is 37.1 Å². The van der Waals surface area contributed by atoms with Crippen molar-refractivity contribution in [3.63, 3.8) is 0 Å². The molecule has 0 saturated carbocycles. The molecule has 4 nitrogen and oxygen atoms in total. The van der Waals surface area contributed by atoms with E-state index in [1.54, 1.807) is 18.2 Å². The first-order chi connectivity index (χ1) is 9.93. The lowest BCUT2D eigenvalue weighted by atomic mass is 10.1. The Morgan fingerprint density at radius 1 is 1.43 bits per heavy atom. The first-order valence-corrected chi connectivity index (χ1v) is 8.31. The molecule has 1 fully saturated rings. The van der Waals surface area contributed by atoms with Crippen molar-refractivity contribution in [1.82, 2.24) is 4.90 Å². The molecule has 2 rings (SSSR count). The number of thioether (sulfide) groups is 1. The summed E-state index contributed by atoms with van der Waals surface area (Å²) in [6.07, 6.45) is 1.70. The molecule has 1 aromatic rings. The van der Waals surface area contributed by atoms with Gasteiger partial charge in [0.05, 0.1) is 5.37 Å². The number of aliphatic carboxylic acids is 1. The number of carboxylic acids is 1. The maximum atomic E-state index is 12.7. The third kappa shape index (κ3) is 3.52. The zero-order valence-electron chi connectivity index (χ0n) is 12.0. The van der Waals surface area contributed by atoms with Crippen molar-refractivity contribution < 1.29 is 14.7 Å². The number of benzene rings is 1. The lowest BCUT2D eigenvalue weighted by Gasteiger charge is -2.27. The van der Waals surface area contributed by atoms with E-state index < -0.39 is 12.0 Å². The molecule has 1 saturated heterocycles. The molecule has 1 amide bonds. The predicted octanol–water partition coefficient (Wildman–Crippen LogP) is 3.42. The molecule has 1 aliphatic rings. The molecule has 1 N–H and O–H groups in total. The van der Waals surface area contributed by atoms with Crippen LogP contribution < -0.4 is 0 Å². The van der Waals surface area contributed by atoms with Crippen LogP contribution in [0.1, 0.15) is 35.7 Å². The second-order valence-corrected chi connectivity index (χ2v) is 6.81. The van der Waals surface area contributed by atoms with Crippen LogP contribution in [0.4, 0.5) is 0 Å². The summed E-state index contributed by atoms with van der Waals surface area (Å²) < 4.78 is 0. The fourth-order valence-corrected chi connectivity index (χ4v) is 4.31. The average Bonchev–Trinajstić information content (AvgIpc) is 2.81. The molecule has 6 heteroatoms. The topological polar surface area (TPSA) is 57.6 Å². The molecule has 0 aliphatic carbocycles. The minimum atomic E-state index is -0.951. The van der Waals surface area contributed by atoms with Gasteiger partial charge in [-0.1, -0.05) is 24.9 Å². The maximum absolute atomic E-state index is 12.7. The third-order valence-corrected chi connectivity index (χ3v) is 5.01. The Morgan fingerprint density at radius 3 is 2.71 bits per heavy atom. The van der Waals surface area contributed by atoms with Gasteiger partial charge < -0.3 is 10.0 Å². The fourth-order valence-electron chi connectivity index (χ4n) is 2.50. The Hall–Kier alpha value is -1.20. The highest BCUT2D eigenvalue weighted by Crippen LogP contribution is 2.34. The summed E-state index contributed by atoms with van der Waals surface area (Å²) in [5, 5.41) is 9.75. The molecule has 0 spiro atoms. The molecule has 114 valence electrons. The van der Waals surface area contributed by atoms with Gasteiger partial charge in [-0.3, -0.25) is 4.79 Å². The summed E-state index contributed by atoms with van der Waals surface area (Å²) in [5.74, 6) is -0.768. The molecule has 0 bridgehead atoms. The summed E-state index contributed by atoms with van der Waals surface area (Å²) in [6, 6.07) is 4.36. The van der Waals surface area contributed by atoms with Gasteiger partial charge in [0.25, 0.3) is 5.91 Å². The van der Waals surface area contributed by atoms with Crippen LogP contribution in [-0.4, -0.2) is 39.1 Å². The minimum absolute atomic E-state index is 0.0807. The van der Waals surface area contributed by atoms with E-state index in [0.717, 1.165) is 18.4 Å². The van der Waals surface area contributed by atoms with Crippen molar-refractivity contribution in [1.29, 1.82) is 0 Å². The molecule has 1 heterocycles. The Morgan fingerprint density at radius 2 is 2.14 bits per heavy atom. The summed E-state index contributed by atoms with van der Waals surface area (Å²) in [6.45, 7) is 3.89. The summed E-state index contributed by atoms with van der Waals surface area (Å²) >= 11 is 7.54. The van der Waals surface area contributed by atoms with Gasteiger partial charge in [0.2, 0.25) is 0 Å². The molecule has 2 unspecified atom stereocenters. The van der Waals surface area contributed by atoms with E-state index in [1.807, 2.05) is 13.8 Å². The van der Waals surface area contributed by atoms with Gasteiger partial charge in [0.15, 0.2) is 0 Å². The molecule has 2 atom stereocenters. The third-order valence-electron chi connectivity index (χ3n) is 3.44. The lowest BCUT2D eigenvalue weighted by molar-refractivity contribution is -0.141. The van der Waals surface area contributed by atoms with Crippen molar-refractivity contribution in [2.75, 3.05) is 5.75 Å². The molecule has 1 aromatic carbocycles. The van der Waals surface area contributed by atoms with Crippen molar-refractivity contribution in [2.24, 2.45) is 0 Å². The van der Waals surface area contributed by atoms with E-state index in [4.69, 9.17) is 11.6 Å². The zero-order valence-corrected chi connectivity index (χ0v) is 13.6. The number of hydrogen-bond acceptors (Lipinski definition) is 3. The van der Waals surface area contributed by atoms with Crippen molar-refractivity contribution in [3.8, 4) is 0 Å². The molecular formula is C15H18ClNO3S. The van der Waals surface area contributed by atoms with E-state index >= 15 is 0 Å². The fraction of sp³-hybridized carbons (Fsp3) is 0.467. The highest BCUT2D eigenvalue weighted by atomic mass is 35.5. The van der Waals surface area contributed by atoms with E-state index in [2.05, 4.69) is 0 Å². The number of amides is 1. The number of carbonyl (C=O) groups excluding carboxylic acids is 1. The first kappa shape index (κ1) is 16.2. The highest BCUT2D eigenvalue weighted by molar-refractivity contribution is 8.00. The Kier molecular flexibility index (Phi) is 5.17. The van der Waals surface area contributed by atoms with Crippen molar-refractivity contribution in [2.45, 2.75) is 38.1 Å². The molecule has 1 aliphatic heterocycles. The standard InChI is InChI=1S/C15H18ClNO3S/c1-3-4-13-17(12(8-21-13)15(19)20)14(18)10-5-9(2)6-11(16)7-10/h5-7,12-13H,3-4,8H2,1-2H3,(H,19,20). The van der Waals surface area contributed by atoms with Crippen LogP contribution in [0.3, 0.4) is 0 Å². The summed E-state index contributed by atoms with van der Waals surface area (Å²) in [7, 11) is 0. The zero-order chi connectivity index (χ0) is 15.6. The quantitative estimate of drug-likeness (QED) is 0.920. The molecular weight excluding hydrogens is 310 g/mol. The van der Waals surface area contributed by atoms with Crippen LogP contribution in [0.5, 0.6) is 0 Å². The molecule has 0 radical (unpaired) electrons. The normalized spacial score (nSPS) is 21.6. The summed E-state index contributed by atoms with van der Waals surface area (Å²) in [5.41, 5.74) is 1.34. The number of halogens is 1. The molecule has 0 aromatic heterocycles. The van der Waals surface area contributed by atoms with Crippen LogP contribution in [0.15, 0.2) is 18.2 Å². The van der Waals surface area contributed by atoms with E-state index in [-0.39, 0.29) is 11.3 Å². The highest BCUT2D eigenvalue weighted by Gasteiger charge is 2.41. The van der Waals surface area contributed by atoms with Gasteiger partial charge in [-0.15, -0.1) is 11.8 Å². The largest absolute Gasteiger partial charge is 0.480 e. The van der Waals surface area contributed by atoms with Crippen LogP contribution in [0.25, 0.3) is 0 Å². The minimum Gasteiger partial charge on any atom is -0.480 e. The SMILES string of the molecule is CCCC1SCC(C(=O)O)N1C(=O)c1cc(C)cc(Cl)c1. The number of aryl methyl sites for hydroxylation is 1. The van der Waals surface area contributed by atoms with Gasteiger partial charge in [0, 0.05) is 16.3 Å². The van der Waals surface area contributed by atoms with Crippen LogP contribution in [-0.2, 0) is 4.79 Å². The van der Waals surface area contributed by atoms with E-state index in [9.17, 15) is 14.7 Å². The maximum Gasteiger partial charge on any atom is 0.327 e. The lowest BCUT2D eigenvalue weighted by Crippen LogP contribution is -2.45. The second-order valence-electron chi connectivity index (χ2n) is 5.16. The number of nitrogens with zero attached hydrogens (tertiary/aromatic N) is 1. The second kappa shape index (κ2) is 6.71. The Labute approximate surface area is 133 Å². The van der Waals surface area contributed by atoms with E-state index in [1.165, 1.54) is 16.7 Å². The van der Waals surface area contributed by atoms with Gasteiger partial charge >= 0.3 is 5.97 Å². The van der Waals surface area contributed by atoms with E-state index in [0.29, 0.717) is 16.3 Å². The average molecular weight is 328 g/mol. The predicted molar refractivity (Wildman–Crippen MR) is 84.9 cm³/mol. The Balaban J connectivity index is 2.34. The smallest absolute Gasteiger partial charge is 0.327 e. The van der Waals surface area contributed by atoms with Crippen molar-refractivity contribution in [3.05, 3.63) is 34.3 Å². The summed E-state index contributed by atoms with van der Waals surface area (Å²) in [4.78, 5) is 25.6. The number of rotatable bonds is 4. The molecule has 21 heavy (non-hydrogen) atoms. The van der Waals surface area contributed by atoms with Gasteiger partial charge in [-0.25, -0.2) is 4.79 Å². The van der Waals surface area contributed by atoms with Gasteiger partial charge in [-0.2, -0.15) is 0 Å². The van der Waals surface area contributed by atoms with Crippen molar-refractivity contribution >= 4 is 35.2 Å². The number of hydrogen-bond donors (Lipinski definition) is 1. The van der Waals surface area contributed by atoms with Crippen LogP contribution in [0, 0.1) is 6.92 Å². The monoisotopic (exact) mass is 327 g/mol. The number of carbonyl (C=O) groups is 2. The number of carboxylic acid groups (broad SMARTS) is 1. The van der Waals surface area contributed by atoms with Crippen LogP contribution >= 0.6 is 23.4 Å².